The maximum absolute atomic E-state index is 13.1. The summed E-state index contributed by atoms with van der Waals surface area (Å²) in [7, 11) is 0. The number of fused-ring (bicyclic) bond motifs is 1. The number of nitrogens with zero attached hydrogens (tertiary/aromatic N) is 2. The van der Waals surface area contributed by atoms with Gasteiger partial charge in [-0.1, -0.05) is 12.1 Å². The summed E-state index contributed by atoms with van der Waals surface area (Å²) in [6.45, 7) is 0.764. The number of carbonyl (C=O) groups is 2. The van der Waals surface area contributed by atoms with Gasteiger partial charge < -0.3 is 21.3 Å². The summed E-state index contributed by atoms with van der Waals surface area (Å²) >= 11 is 0. The van der Waals surface area contributed by atoms with Gasteiger partial charge in [0.15, 0.2) is 5.75 Å². The number of aliphatic hydroxyl groups is 1. The van der Waals surface area contributed by atoms with Gasteiger partial charge in [-0.2, -0.15) is 0 Å². The van der Waals surface area contributed by atoms with Crippen molar-refractivity contribution >= 4 is 22.8 Å². The number of pyridine rings is 2. The number of halogens is 1. The Hall–Kier alpha value is -3.79. The van der Waals surface area contributed by atoms with Gasteiger partial charge in [-0.05, 0) is 42.7 Å². The molecule has 0 radical (unpaired) electrons. The van der Waals surface area contributed by atoms with E-state index in [1.165, 1.54) is 25.3 Å². The average molecular weight is 428 g/mol. The van der Waals surface area contributed by atoms with Gasteiger partial charge in [0.2, 0.25) is 5.91 Å². The van der Waals surface area contributed by atoms with Crippen LogP contribution in [0.2, 0.25) is 0 Å². The first-order valence-corrected chi connectivity index (χ1v) is 9.40. The molecule has 2 aromatic heterocycles. The second kappa shape index (κ2) is 8.92. The summed E-state index contributed by atoms with van der Waals surface area (Å²) in [4.78, 5) is 41.1. The van der Waals surface area contributed by atoms with Crippen LogP contribution in [0.15, 0.2) is 41.3 Å². The SMILES string of the molecule is C[C@H](O)CNC(=O)c1c(O)c2ncc(Cc3ccc(F)cc3)cc2n(CC(N)=O)c1=O. The highest BCUT2D eigenvalue weighted by Gasteiger charge is 2.24. The number of aromatic hydroxyl groups is 1. The Bertz CT molecular complexity index is 1210. The number of benzene rings is 1. The maximum atomic E-state index is 13.1. The van der Waals surface area contributed by atoms with E-state index in [1.807, 2.05) is 0 Å². The lowest BCUT2D eigenvalue weighted by Crippen LogP contribution is -2.38. The highest BCUT2D eigenvalue weighted by Crippen LogP contribution is 2.26. The van der Waals surface area contributed by atoms with Crippen molar-refractivity contribution in [1.82, 2.24) is 14.9 Å². The molecule has 0 aliphatic rings. The molecule has 3 aromatic rings. The predicted octanol–water partition coefficient (Wildman–Crippen LogP) is 0.428. The van der Waals surface area contributed by atoms with Crippen molar-refractivity contribution in [1.29, 1.82) is 0 Å². The molecule has 1 aromatic carbocycles. The summed E-state index contributed by atoms with van der Waals surface area (Å²) in [5, 5.41) is 22.3. The van der Waals surface area contributed by atoms with Crippen LogP contribution in [0.4, 0.5) is 4.39 Å². The molecule has 162 valence electrons. The largest absolute Gasteiger partial charge is 0.505 e. The van der Waals surface area contributed by atoms with Crippen LogP contribution < -0.4 is 16.6 Å². The van der Waals surface area contributed by atoms with Crippen LogP contribution in [0.25, 0.3) is 11.0 Å². The van der Waals surface area contributed by atoms with Crippen LogP contribution in [0, 0.1) is 5.82 Å². The molecule has 0 saturated heterocycles. The number of hydrogen-bond acceptors (Lipinski definition) is 6. The van der Waals surface area contributed by atoms with Gasteiger partial charge in [0.1, 0.15) is 23.4 Å². The van der Waals surface area contributed by atoms with Gasteiger partial charge in [0, 0.05) is 12.7 Å². The van der Waals surface area contributed by atoms with Gasteiger partial charge >= 0.3 is 0 Å². The Morgan fingerprint density at radius 2 is 1.94 bits per heavy atom. The minimum Gasteiger partial charge on any atom is -0.505 e. The van der Waals surface area contributed by atoms with Crippen molar-refractivity contribution in [2.45, 2.75) is 26.0 Å². The molecule has 0 unspecified atom stereocenters. The number of rotatable bonds is 7. The second-order valence-corrected chi connectivity index (χ2v) is 7.15. The van der Waals surface area contributed by atoms with E-state index in [-0.39, 0.29) is 23.4 Å². The molecule has 0 aliphatic heterocycles. The summed E-state index contributed by atoms with van der Waals surface area (Å²) in [6.07, 6.45) is 0.930. The van der Waals surface area contributed by atoms with E-state index in [0.717, 1.165) is 10.1 Å². The van der Waals surface area contributed by atoms with Crippen LogP contribution in [-0.4, -0.2) is 44.2 Å². The Morgan fingerprint density at radius 1 is 1.26 bits per heavy atom. The topological polar surface area (TPSA) is 148 Å². The number of aliphatic hydroxyl groups excluding tert-OH is 1. The fraction of sp³-hybridized carbons (Fsp3) is 0.238. The van der Waals surface area contributed by atoms with Crippen LogP contribution in [0.5, 0.6) is 5.75 Å². The van der Waals surface area contributed by atoms with Crippen LogP contribution >= 0.6 is 0 Å². The fourth-order valence-corrected chi connectivity index (χ4v) is 3.13. The molecule has 0 aliphatic carbocycles. The monoisotopic (exact) mass is 428 g/mol. The molecule has 0 fully saturated rings. The average Bonchev–Trinajstić information content (AvgIpc) is 2.71. The van der Waals surface area contributed by atoms with Gasteiger partial charge in [-0.25, -0.2) is 4.39 Å². The van der Waals surface area contributed by atoms with E-state index in [2.05, 4.69) is 10.3 Å². The van der Waals surface area contributed by atoms with E-state index >= 15 is 0 Å². The lowest BCUT2D eigenvalue weighted by atomic mass is 10.1. The van der Waals surface area contributed by atoms with Gasteiger partial charge in [0.05, 0.1) is 11.6 Å². The van der Waals surface area contributed by atoms with Crippen molar-refractivity contribution in [3.05, 3.63) is 69.4 Å². The maximum Gasteiger partial charge on any atom is 0.268 e. The lowest BCUT2D eigenvalue weighted by molar-refractivity contribution is -0.118. The van der Waals surface area contributed by atoms with Crippen molar-refractivity contribution in [2.75, 3.05) is 6.54 Å². The summed E-state index contributed by atoms with van der Waals surface area (Å²) in [5.41, 5.74) is 5.21. The molecule has 10 heteroatoms. The molecule has 1 atom stereocenters. The first-order valence-electron chi connectivity index (χ1n) is 9.40. The fourth-order valence-electron chi connectivity index (χ4n) is 3.13. The van der Waals surface area contributed by atoms with Crippen LogP contribution in [0.1, 0.15) is 28.4 Å². The highest BCUT2D eigenvalue weighted by molar-refractivity contribution is 6.01. The van der Waals surface area contributed by atoms with E-state index in [4.69, 9.17) is 5.73 Å². The number of nitrogens with two attached hydrogens (primary N) is 1. The normalized spacial score (nSPS) is 12.0. The third-order valence-corrected chi connectivity index (χ3v) is 4.56. The number of primary amides is 1. The summed E-state index contributed by atoms with van der Waals surface area (Å²) in [5.74, 6) is -2.76. The Kier molecular flexibility index (Phi) is 6.30. The van der Waals surface area contributed by atoms with Crippen molar-refractivity contribution in [3.8, 4) is 5.75 Å². The number of hydrogen-bond donors (Lipinski definition) is 4. The van der Waals surface area contributed by atoms with Crippen LogP contribution in [0.3, 0.4) is 0 Å². The van der Waals surface area contributed by atoms with Crippen molar-refractivity contribution < 1.29 is 24.2 Å². The van der Waals surface area contributed by atoms with Crippen LogP contribution in [-0.2, 0) is 17.8 Å². The zero-order chi connectivity index (χ0) is 22.7. The quantitative estimate of drug-likeness (QED) is 0.429. The minimum atomic E-state index is -0.923. The Labute approximate surface area is 176 Å². The number of aromatic nitrogens is 2. The Morgan fingerprint density at radius 3 is 2.55 bits per heavy atom. The molecule has 2 heterocycles. The van der Waals surface area contributed by atoms with Gasteiger partial charge in [0.25, 0.3) is 11.5 Å². The molecular formula is C21H21FN4O5. The first kappa shape index (κ1) is 21.9. The summed E-state index contributed by atoms with van der Waals surface area (Å²) < 4.78 is 14.1. The van der Waals surface area contributed by atoms with Crippen molar-refractivity contribution in [2.24, 2.45) is 5.73 Å². The molecule has 3 rings (SSSR count). The van der Waals surface area contributed by atoms with E-state index in [1.54, 1.807) is 18.2 Å². The molecule has 0 saturated carbocycles. The molecule has 0 spiro atoms. The van der Waals surface area contributed by atoms with E-state index in [0.29, 0.717) is 12.0 Å². The molecular weight excluding hydrogens is 407 g/mol. The van der Waals surface area contributed by atoms with Crippen molar-refractivity contribution in [3.63, 3.8) is 0 Å². The Balaban J connectivity index is 2.13. The predicted molar refractivity (Wildman–Crippen MR) is 110 cm³/mol. The highest BCUT2D eigenvalue weighted by atomic mass is 19.1. The summed E-state index contributed by atoms with van der Waals surface area (Å²) in [6, 6.07) is 7.38. The lowest BCUT2D eigenvalue weighted by Gasteiger charge is -2.15. The number of carbonyl (C=O) groups excluding carboxylic acids is 2. The third kappa shape index (κ3) is 4.86. The van der Waals surface area contributed by atoms with Gasteiger partial charge in [-0.15, -0.1) is 0 Å². The number of nitrogens with one attached hydrogen (secondary N) is 1. The molecule has 5 N–H and O–H groups in total. The zero-order valence-electron chi connectivity index (χ0n) is 16.6. The first-order chi connectivity index (χ1) is 14.7. The standard InChI is InChI=1S/C21H21FN4O5/c1-11(27)8-25-20(30)17-19(29)18-15(26(21(17)31)10-16(23)28)7-13(9-24-18)6-12-2-4-14(22)5-3-12/h2-5,7,9,11,27,29H,6,8,10H2,1H3,(H2,23,28)(H,25,30)/t11-/m0/s1. The van der Waals surface area contributed by atoms with E-state index < -0.39 is 41.3 Å². The van der Waals surface area contributed by atoms with Gasteiger partial charge in [-0.3, -0.25) is 23.9 Å². The third-order valence-electron chi connectivity index (χ3n) is 4.56. The smallest absolute Gasteiger partial charge is 0.268 e. The molecule has 9 nitrogen and oxygen atoms in total. The molecule has 31 heavy (non-hydrogen) atoms. The minimum absolute atomic E-state index is 0.0640. The molecule has 0 bridgehead atoms. The molecule has 2 amide bonds. The zero-order valence-corrected chi connectivity index (χ0v) is 16.6. The second-order valence-electron chi connectivity index (χ2n) is 7.15. The van der Waals surface area contributed by atoms with E-state index in [9.17, 15) is 29.0 Å². The number of amides is 2.